The topological polar surface area (TPSA) is 41.1 Å². The van der Waals surface area contributed by atoms with Gasteiger partial charge in [0.1, 0.15) is 5.41 Å². The van der Waals surface area contributed by atoms with Crippen LogP contribution in [-0.4, -0.2) is 19.0 Å². The molecular formula is C18H18N2O. The number of amides is 1. The van der Waals surface area contributed by atoms with E-state index in [0.29, 0.717) is 5.92 Å². The molecular weight excluding hydrogens is 260 g/mol. The second-order valence-electron chi connectivity index (χ2n) is 5.86. The maximum atomic E-state index is 13.0. The summed E-state index contributed by atoms with van der Waals surface area (Å²) in [6.07, 6.45) is 1.02. The molecule has 0 spiro atoms. The molecule has 2 N–H and O–H groups in total. The fraction of sp³-hybridized carbons (Fsp3) is 0.278. The molecule has 1 fully saturated rings. The molecule has 0 aliphatic carbocycles. The van der Waals surface area contributed by atoms with Gasteiger partial charge in [-0.2, -0.15) is 0 Å². The Balaban J connectivity index is 1.98. The second kappa shape index (κ2) is 4.71. The molecule has 1 saturated heterocycles. The van der Waals surface area contributed by atoms with Crippen LogP contribution < -0.4 is 10.6 Å². The number of hydrogen-bond donors (Lipinski definition) is 2. The molecule has 3 nitrogen and oxygen atoms in total. The van der Waals surface area contributed by atoms with Gasteiger partial charge in [0, 0.05) is 5.69 Å². The highest BCUT2D eigenvalue weighted by molar-refractivity contribution is 6.09. The van der Waals surface area contributed by atoms with E-state index in [4.69, 9.17) is 0 Å². The number of nitrogens with one attached hydrogen (secondary N) is 2. The minimum Gasteiger partial charge on any atom is -0.325 e. The Kier molecular flexibility index (Phi) is 2.82. The maximum Gasteiger partial charge on any atom is 0.239 e. The molecule has 4 rings (SSSR count). The number of benzene rings is 2. The third-order valence-corrected chi connectivity index (χ3v) is 4.86. The molecule has 2 aromatic carbocycles. The van der Waals surface area contributed by atoms with Crippen molar-refractivity contribution < 1.29 is 4.79 Å². The summed E-state index contributed by atoms with van der Waals surface area (Å²) >= 11 is 0. The first-order valence-electron chi connectivity index (χ1n) is 7.50. The summed E-state index contributed by atoms with van der Waals surface area (Å²) in [5, 5.41) is 6.51. The lowest BCUT2D eigenvalue weighted by Crippen LogP contribution is -2.44. The van der Waals surface area contributed by atoms with Crippen LogP contribution >= 0.6 is 0 Å². The smallest absolute Gasteiger partial charge is 0.239 e. The lowest BCUT2D eigenvalue weighted by Gasteiger charge is -2.34. The lowest BCUT2D eigenvalue weighted by atomic mass is 9.66. The normalized spacial score (nSPS) is 27.4. The summed E-state index contributed by atoms with van der Waals surface area (Å²) < 4.78 is 0. The minimum atomic E-state index is -0.554. The standard InChI is InChI=1S/C18H18N2O/c21-17-18(14-10-11-19-12-14,13-6-2-1-3-7-13)15-8-4-5-9-16(15)20-17/h1-9,14,19H,10-12H2,(H,20,21)/t14-,18?/m1/s1. The van der Waals surface area contributed by atoms with Crippen LogP contribution in [-0.2, 0) is 10.2 Å². The van der Waals surface area contributed by atoms with Crippen LogP contribution in [0.2, 0.25) is 0 Å². The first-order chi connectivity index (χ1) is 10.3. The monoisotopic (exact) mass is 278 g/mol. The first-order valence-corrected chi connectivity index (χ1v) is 7.50. The molecule has 0 saturated carbocycles. The zero-order chi connectivity index (χ0) is 14.3. The van der Waals surface area contributed by atoms with Crippen LogP contribution in [0, 0.1) is 5.92 Å². The molecule has 2 aliphatic heterocycles. The van der Waals surface area contributed by atoms with Gasteiger partial charge in [0.2, 0.25) is 5.91 Å². The van der Waals surface area contributed by atoms with Gasteiger partial charge in [-0.05, 0) is 42.6 Å². The van der Waals surface area contributed by atoms with E-state index in [1.165, 1.54) is 0 Å². The third kappa shape index (κ3) is 1.67. The van der Waals surface area contributed by atoms with Crippen molar-refractivity contribution in [2.75, 3.05) is 18.4 Å². The average molecular weight is 278 g/mol. The Labute approximate surface area is 124 Å². The molecule has 2 aromatic rings. The van der Waals surface area contributed by atoms with Gasteiger partial charge in [0.05, 0.1) is 0 Å². The lowest BCUT2D eigenvalue weighted by molar-refractivity contribution is -0.121. The van der Waals surface area contributed by atoms with Gasteiger partial charge < -0.3 is 10.6 Å². The fourth-order valence-corrected chi connectivity index (χ4v) is 3.93. The van der Waals surface area contributed by atoms with E-state index in [1.54, 1.807) is 0 Å². The minimum absolute atomic E-state index is 0.114. The number of rotatable bonds is 2. The number of fused-ring (bicyclic) bond motifs is 1. The average Bonchev–Trinajstić information content (AvgIpc) is 3.14. The van der Waals surface area contributed by atoms with Gasteiger partial charge in [-0.3, -0.25) is 4.79 Å². The van der Waals surface area contributed by atoms with Crippen LogP contribution in [0.1, 0.15) is 17.5 Å². The highest BCUT2D eigenvalue weighted by Gasteiger charge is 2.53. The number of carbonyl (C=O) groups excluding carboxylic acids is 1. The summed E-state index contributed by atoms with van der Waals surface area (Å²) in [5.74, 6) is 0.409. The Morgan fingerprint density at radius 3 is 2.52 bits per heavy atom. The molecule has 21 heavy (non-hydrogen) atoms. The quantitative estimate of drug-likeness (QED) is 0.886. The van der Waals surface area contributed by atoms with E-state index in [1.807, 2.05) is 36.4 Å². The summed E-state index contributed by atoms with van der Waals surface area (Å²) in [4.78, 5) is 13.0. The van der Waals surface area contributed by atoms with Crippen molar-refractivity contribution in [2.45, 2.75) is 11.8 Å². The summed E-state index contributed by atoms with van der Waals surface area (Å²) in [5.41, 5.74) is 2.62. The van der Waals surface area contributed by atoms with Crippen LogP contribution in [0.5, 0.6) is 0 Å². The molecule has 2 aliphatic rings. The fourth-order valence-electron chi connectivity index (χ4n) is 3.93. The van der Waals surface area contributed by atoms with Crippen LogP contribution in [0.25, 0.3) is 0 Å². The van der Waals surface area contributed by atoms with Crippen molar-refractivity contribution in [2.24, 2.45) is 5.92 Å². The van der Waals surface area contributed by atoms with E-state index in [2.05, 4.69) is 28.8 Å². The van der Waals surface area contributed by atoms with Gasteiger partial charge in [-0.25, -0.2) is 0 Å². The van der Waals surface area contributed by atoms with Crippen LogP contribution in [0.15, 0.2) is 54.6 Å². The van der Waals surface area contributed by atoms with E-state index in [-0.39, 0.29) is 5.91 Å². The number of anilines is 1. The van der Waals surface area contributed by atoms with E-state index in [0.717, 1.165) is 36.3 Å². The van der Waals surface area contributed by atoms with Crippen molar-refractivity contribution in [1.82, 2.24) is 5.32 Å². The predicted octanol–water partition coefficient (Wildman–Crippen LogP) is 2.53. The van der Waals surface area contributed by atoms with Crippen LogP contribution in [0.3, 0.4) is 0 Å². The predicted molar refractivity (Wildman–Crippen MR) is 83.3 cm³/mol. The summed E-state index contributed by atoms with van der Waals surface area (Å²) in [6.45, 7) is 1.87. The van der Waals surface area contributed by atoms with Gasteiger partial charge in [-0.15, -0.1) is 0 Å². The van der Waals surface area contributed by atoms with Crippen molar-refractivity contribution in [3.05, 3.63) is 65.7 Å². The largest absolute Gasteiger partial charge is 0.325 e. The zero-order valence-corrected chi connectivity index (χ0v) is 11.8. The van der Waals surface area contributed by atoms with Gasteiger partial charge in [0.15, 0.2) is 0 Å². The number of carbonyl (C=O) groups is 1. The van der Waals surface area contributed by atoms with Gasteiger partial charge in [0.25, 0.3) is 0 Å². The van der Waals surface area contributed by atoms with E-state index in [9.17, 15) is 4.79 Å². The molecule has 0 bridgehead atoms. The Morgan fingerprint density at radius 1 is 1.00 bits per heavy atom. The summed E-state index contributed by atoms with van der Waals surface area (Å²) in [6, 6.07) is 18.3. The molecule has 3 heteroatoms. The van der Waals surface area contributed by atoms with E-state index < -0.39 is 5.41 Å². The van der Waals surface area contributed by atoms with Crippen molar-refractivity contribution in [3.63, 3.8) is 0 Å². The first kappa shape index (κ1) is 12.6. The number of para-hydroxylation sites is 1. The van der Waals surface area contributed by atoms with Crippen molar-refractivity contribution in [1.29, 1.82) is 0 Å². The highest BCUT2D eigenvalue weighted by Crippen LogP contribution is 2.49. The van der Waals surface area contributed by atoms with Crippen molar-refractivity contribution >= 4 is 11.6 Å². The Morgan fingerprint density at radius 2 is 1.76 bits per heavy atom. The maximum absolute atomic E-state index is 13.0. The second-order valence-corrected chi connectivity index (χ2v) is 5.86. The molecule has 0 radical (unpaired) electrons. The number of hydrogen-bond acceptors (Lipinski definition) is 2. The van der Waals surface area contributed by atoms with E-state index >= 15 is 0 Å². The van der Waals surface area contributed by atoms with Crippen LogP contribution in [0.4, 0.5) is 5.69 Å². The molecule has 1 amide bonds. The molecule has 2 heterocycles. The Hall–Kier alpha value is -2.13. The SMILES string of the molecule is O=C1Nc2ccccc2C1(c1ccccc1)[C@@H]1CCNC1. The van der Waals surface area contributed by atoms with Gasteiger partial charge >= 0.3 is 0 Å². The highest BCUT2D eigenvalue weighted by atomic mass is 16.2. The van der Waals surface area contributed by atoms with Gasteiger partial charge in [-0.1, -0.05) is 48.5 Å². The third-order valence-electron chi connectivity index (χ3n) is 4.86. The molecule has 0 aromatic heterocycles. The Bertz CT molecular complexity index is 677. The molecule has 106 valence electrons. The van der Waals surface area contributed by atoms with Crippen molar-refractivity contribution in [3.8, 4) is 0 Å². The molecule has 1 unspecified atom stereocenters. The zero-order valence-electron chi connectivity index (χ0n) is 11.8. The molecule has 2 atom stereocenters. The summed E-state index contributed by atoms with van der Waals surface area (Å²) in [7, 11) is 0.